The van der Waals surface area contributed by atoms with Gasteiger partial charge in [0.05, 0.1) is 16.6 Å². The van der Waals surface area contributed by atoms with Gasteiger partial charge in [0.25, 0.3) is 5.91 Å². The van der Waals surface area contributed by atoms with E-state index in [-0.39, 0.29) is 11.9 Å². The number of aromatic nitrogens is 3. The highest BCUT2D eigenvalue weighted by molar-refractivity contribution is 7.71. The minimum absolute atomic E-state index is 0.291. The van der Waals surface area contributed by atoms with Gasteiger partial charge < -0.3 is 9.88 Å². The number of hydrogen-bond acceptors (Lipinski definition) is 3. The first kappa shape index (κ1) is 16.0. The molecular formula is C13H14Cl2N4OS. The third-order valence-electron chi connectivity index (χ3n) is 3.01. The zero-order chi connectivity index (χ0) is 15.6. The fraction of sp³-hybridized carbons (Fsp3) is 0.308. The lowest BCUT2D eigenvalue weighted by molar-refractivity contribution is 0.0937. The lowest BCUT2D eigenvalue weighted by atomic mass is 10.2. The Morgan fingerprint density at radius 2 is 2.24 bits per heavy atom. The molecule has 1 atom stereocenters. The molecule has 1 amide bonds. The Bertz CT molecular complexity index is 725. The Morgan fingerprint density at radius 3 is 2.86 bits per heavy atom. The molecule has 1 heterocycles. The molecule has 0 saturated carbocycles. The summed E-state index contributed by atoms with van der Waals surface area (Å²) in [5, 5.41) is 10.5. The maximum Gasteiger partial charge on any atom is 0.253 e. The minimum Gasteiger partial charge on any atom is -0.342 e. The summed E-state index contributed by atoms with van der Waals surface area (Å²) in [4.78, 5) is 12.3. The lowest BCUT2D eigenvalue weighted by Gasteiger charge is -2.14. The van der Waals surface area contributed by atoms with Crippen LogP contribution in [0.5, 0.6) is 0 Å². The van der Waals surface area contributed by atoms with E-state index >= 15 is 0 Å². The Morgan fingerprint density at radius 1 is 1.52 bits per heavy atom. The topological polar surface area (TPSA) is 62.7 Å². The number of aromatic amines is 1. The number of hydrogen-bond donors (Lipinski definition) is 2. The van der Waals surface area contributed by atoms with Gasteiger partial charge >= 0.3 is 0 Å². The van der Waals surface area contributed by atoms with Gasteiger partial charge in [0.2, 0.25) is 0 Å². The fourth-order valence-electron chi connectivity index (χ4n) is 1.98. The second-order valence-electron chi connectivity index (χ2n) is 4.45. The molecule has 0 bridgehead atoms. The number of nitrogens with one attached hydrogen (secondary N) is 2. The van der Waals surface area contributed by atoms with E-state index in [9.17, 15) is 4.79 Å². The molecule has 2 aromatic rings. The molecule has 0 unspecified atom stereocenters. The van der Waals surface area contributed by atoms with Gasteiger partial charge in [0.1, 0.15) is 0 Å². The number of carbonyl (C=O) groups is 1. The van der Waals surface area contributed by atoms with Crippen molar-refractivity contribution in [3.63, 3.8) is 0 Å². The molecule has 0 saturated heterocycles. The van der Waals surface area contributed by atoms with Crippen LogP contribution >= 0.6 is 35.4 Å². The van der Waals surface area contributed by atoms with E-state index in [1.807, 2.05) is 18.4 Å². The van der Waals surface area contributed by atoms with Gasteiger partial charge in [-0.25, -0.2) is 0 Å². The normalized spacial score (nSPS) is 12.2. The van der Waals surface area contributed by atoms with Crippen LogP contribution in [0.1, 0.15) is 36.1 Å². The second kappa shape index (κ2) is 6.60. The molecule has 0 aliphatic carbocycles. The highest BCUT2D eigenvalue weighted by Crippen LogP contribution is 2.21. The van der Waals surface area contributed by atoms with Crippen LogP contribution in [0.2, 0.25) is 10.0 Å². The van der Waals surface area contributed by atoms with Crippen molar-refractivity contribution in [2.75, 3.05) is 0 Å². The van der Waals surface area contributed by atoms with Crippen LogP contribution in [0.3, 0.4) is 0 Å². The van der Waals surface area contributed by atoms with Crippen LogP contribution in [-0.2, 0) is 6.54 Å². The largest absolute Gasteiger partial charge is 0.342 e. The number of H-pyrrole nitrogens is 1. The van der Waals surface area contributed by atoms with Crippen molar-refractivity contribution in [1.82, 2.24) is 20.1 Å². The maximum atomic E-state index is 12.3. The highest BCUT2D eigenvalue weighted by atomic mass is 35.5. The third-order valence-corrected chi connectivity index (χ3v) is 3.87. The van der Waals surface area contributed by atoms with E-state index in [4.69, 9.17) is 35.4 Å². The van der Waals surface area contributed by atoms with Crippen molar-refractivity contribution in [1.29, 1.82) is 0 Å². The molecule has 0 fully saturated rings. The molecule has 0 aliphatic heterocycles. The summed E-state index contributed by atoms with van der Waals surface area (Å²) in [6.07, 6.45) is 0. The highest BCUT2D eigenvalue weighted by Gasteiger charge is 2.18. The zero-order valence-electron chi connectivity index (χ0n) is 11.5. The molecule has 0 spiro atoms. The number of amides is 1. The van der Waals surface area contributed by atoms with E-state index in [1.54, 1.807) is 12.1 Å². The summed E-state index contributed by atoms with van der Waals surface area (Å²) in [5.74, 6) is 0.377. The van der Waals surface area contributed by atoms with Gasteiger partial charge in [0, 0.05) is 11.6 Å². The summed E-state index contributed by atoms with van der Waals surface area (Å²) < 4.78 is 2.35. The van der Waals surface area contributed by atoms with Crippen molar-refractivity contribution in [2.45, 2.75) is 26.4 Å². The number of carbonyl (C=O) groups excluding carboxylic acids is 1. The fourth-order valence-corrected chi connectivity index (χ4v) is 2.74. The molecule has 0 radical (unpaired) electrons. The molecule has 0 aliphatic rings. The monoisotopic (exact) mass is 344 g/mol. The Balaban J connectivity index is 2.20. The minimum atomic E-state index is -0.308. The Kier molecular flexibility index (Phi) is 5.03. The average molecular weight is 345 g/mol. The molecule has 1 aromatic heterocycles. The first-order chi connectivity index (χ1) is 9.93. The van der Waals surface area contributed by atoms with Crippen LogP contribution < -0.4 is 5.32 Å². The van der Waals surface area contributed by atoms with Crippen LogP contribution in [-0.4, -0.2) is 20.7 Å². The first-order valence-electron chi connectivity index (χ1n) is 6.35. The molecule has 21 heavy (non-hydrogen) atoms. The third kappa shape index (κ3) is 3.45. The predicted octanol–water partition coefficient (Wildman–Crippen LogP) is 3.76. The van der Waals surface area contributed by atoms with Crippen LogP contribution in [0, 0.1) is 4.77 Å². The summed E-state index contributed by atoms with van der Waals surface area (Å²) in [6, 6.07) is 4.43. The summed E-state index contributed by atoms with van der Waals surface area (Å²) in [6.45, 7) is 4.46. The van der Waals surface area contributed by atoms with E-state index in [0.717, 1.165) is 0 Å². The summed E-state index contributed by atoms with van der Waals surface area (Å²) in [5.41, 5.74) is 0.366. The van der Waals surface area contributed by atoms with Crippen LogP contribution in [0.25, 0.3) is 0 Å². The number of nitrogens with zero attached hydrogens (tertiary/aromatic N) is 2. The van der Waals surface area contributed by atoms with E-state index in [1.165, 1.54) is 6.07 Å². The average Bonchev–Trinajstić information content (AvgIpc) is 2.79. The lowest BCUT2D eigenvalue weighted by Crippen LogP contribution is -2.29. The molecule has 1 aromatic carbocycles. The number of halogens is 2. The Hall–Kier alpha value is -1.37. The standard InChI is InChI=1S/C13H14Cl2N4OS/c1-3-19-11(17-18-13(19)21)7(2)16-12(20)9-5-4-8(14)6-10(9)15/h4-7H,3H2,1-2H3,(H,16,20)(H,18,21)/t7-/m1/s1. The summed E-state index contributed by atoms with van der Waals surface area (Å²) in [7, 11) is 0. The van der Waals surface area contributed by atoms with Crippen molar-refractivity contribution in [2.24, 2.45) is 0 Å². The second-order valence-corrected chi connectivity index (χ2v) is 5.68. The maximum absolute atomic E-state index is 12.3. The van der Waals surface area contributed by atoms with Crippen molar-refractivity contribution < 1.29 is 4.79 Å². The molecule has 2 rings (SSSR count). The van der Waals surface area contributed by atoms with Gasteiger partial charge in [-0.3, -0.25) is 9.89 Å². The van der Waals surface area contributed by atoms with Crippen molar-refractivity contribution >= 4 is 41.3 Å². The molecule has 2 N–H and O–H groups in total. The Labute approximate surface area is 137 Å². The SMILES string of the molecule is CCn1c([C@@H](C)NC(=O)c2ccc(Cl)cc2Cl)n[nH]c1=S. The van der Waals surface area contributed by atoms with Gasteiger partial charge in [-0.15, -0.1) is 0 Å². The van der Waals surface area contributed by atoms with Crippen LogP contribution in [0.15, 0.2) is 18.2 Å². The van der Waals surface area contributed by atoms with Gasteiger partial charge in [-0.2, -0.15) is 5.10 Å². The number of rotatable bonds is 4. The predicted molar refractivity (Wildman–Crippen MR) is 85.4 cm³/mol. The number of benzene rings is 1. The molecular weight excluding hydrogens is 331 g/mol. The smallest absolute Gasteiger partial charge is 0.253 e. The van der Waals surface area contributed by atoms with Crippen LogP contribution in [0.4, 0.5) is 0 Å². The summed E-state index contributed by atoms with van der Waals surface area (Å²) >= 11 is 17.0. The van der Waals surface area contributed by atoms with E-state index in [0.29, 0.717) is 32.7 Å². The van der Waals surface area contributed by atoms with E-state index < -0.39 is 0 Å². The molecule has 112 valence electrons. The van der Waals surface area contributed by atoms with E-state index in [2.05, 4.69) is 15.5 Å². The first-order valence-corrected chi connectivity index (χ1v) is 7.51. The molecule has 8 heteroatoms. The van der Waals surface area contributed by atoms with Gasteiger partial charge in [0.15, 0.2) is 10.6 Å². The zero-order valence-corrected chi connectivity index (χ0v) is 13.8. The van der Waals surface area contributed by atoms with Crippen molar-refractivity contribution in [3.8, 4) is 0 Å². The molecule has 5 nitrogen and oxygen atoms in total. The van der Waals surface area contributed by atoms with Crippen molar-refractivity contribution in [3.05, 3.63) is 44.4 Å². The van der Waals surface area contributed by atoms with Gasteiger partial charge in [-0.1, -0.05) is 23.2 Å². The quantitative estimate of drug-likeness (QED) is 0.830. The van der Waals surface area contributed by atoms with Gasteiger partial charge in [-0.05, 0) is 44.3 Å².